The molecule has 0 aromatic rings. The summed E-state index contributed by atoms with van der Waals surface area (Å²) in [5.41, 5.74) is 5.87. The SMILES string of the molecule is CC1CC2CC(C)C(OC(=O)N3CC[C@@H](N)C3)C(C1)C2. The number of nitrogens with two attached hydrogens (primary N) is 1. The maximum absolute atomic E-state index is 12.3. The van der Waals surface area contributed by atoms with Crippen LogP contribution in [0.4, 0.5) is 4.79 Å². The first-order valence-electron chi connectivity index (χ1n) is 8.24. The first-order valence-corrected chi connectivity index (χ1v) is 8.24. The highest BCUT2D eigenvalue weighted by Crippen LogP contribution is 2.46. The number of rotatable bonds is 1. The lowest BCUT2D eigenvalue weighted by atomic mass is 9.64. The number of fused-ring (bicyclic) bond motifs is 2. The summed E-state index contributed by atoms with van der Waals surface area (Å²) in [6.45, 7) is 6.00. The van der Waals surface area contributed by atoms with Crippen LogP contribution in [-0.2, 0) is 4.74 Å². The molecule has 1 aliphatic heterocycles. The summed E-state index contributed by atoms with van der Waals surface area (Å²) in [5, 5.41) is 0. The zero-order chi connectivity index (χ0) is 14.3. The van der Waals surface area contributed by atoms with Crippen molar-refractivity contribution in [3.8, 4) is 0 Å². The molecule has 20 heavy (non-hydrogen) atoms. The maximum Gasteiger partial charge on any atom is 0.410 e. The number of nitrogens with zero attached hydrogens (tertiary/aromatic N) is 1. The molecule has 1 saturated heterocycles. The molecular formula is C16H28N2O2. The fraction of sp³-hybridized carbons (Fsp3) is 0.938. The van der Waals surface area contributed by atoms with E-state index in [0.29, 0.717) is 18.4 Å². The van der Waals surface area contributed by atoms with Crippen LogP contribution in [0.2, 0.25) is 0 Å². The van der Waals surface area contributed by atoms with Crippen molar-refractivity contribution in [2.45, 2.75) is 58.1 Å². The Morgan fingerprint density at radius 2 is 2.00 bits per heavy atom. The van der Waals surface area contributed by atoms with Gasteiger partial charge in [0, 0.05) is 19.1 Å². The predicted octanol–water partition coefficient (Wildman–Crippen LogP) is 2.62. The molecule has 114 valence electrons. The van der Waals surface area contributed by atoms with Crippen molar-refractivity contribution >= 4 is 6.09 Å². The molecule has 3 rings (SSSR count). The molecule has 2 aliphatic carbocycles. The number of likely N-dealkylation sites (tertiary alicyclic amines) is 1. The Kier molecular flexibility index (Phi) is 3.93. The Morgan fingerprint density at radius 3 is 2.70 bits per heavy atom. The second-order valence-corrected chi connectivity index (χ2v) is 7.49. The minimum Gasteiger partial charge on any atom is -0.446 e. The number of ether oxygens (including phenoxy) is 1. The Morgan fingerprint density at radius 1 is 1.20 bits per heavy atom. The minimum absolute atomic E-state index is 0.123. The first kappa shape index (κ1) is 14.2. The smallest absolute Gasteiger partial charge is 0.410 e. The standard InChI is InChI=1S/C16H28N2O2/c1-10-5-12-7-11(2)15(13(6-10)8-12)20-16(19)18-4-3-14(17)9-18/h10-15H,3-9,17H2,1-2H3/t10?,11?,12?,13?,14-,15?/m1/s1. The molecule has 6 atom stereocenters. The lowest BCUT2D eigenvalue weighted by Gasteiger charge is -2.45. The largest absolute Gasteiger partial charge is 0.446 e. The topological polar surface area (TPSA) is 55.6 Å². The van der Waals surface area contributed by atoms with E-state index in [-0.39, 0.29) is 18.2 Å². The Labute approximate surface area is 122 Å². The monoisotopic (exact) mass is 280 g/mol. The Hall–Kier alpha value is -0.770. The molecule has 2 bridgehead atoms. The Bertz CT molecular complexity index is 369. The van der Waals surface area contributed by atoms with Crippen LogP contribution in [-0.4, -0.2) is 36.2 Å². The number of amides is 1. The van der Waals surface area contributed by atoms with Gasteiger partial charge < -0.3 is 15.4 Å². The molecule has 5 unspecified atom stereocenters. The van der Waals surface area contributed by atoms with Crippen LogP contribution in [0.1, 0.15) is 46.0 Å². The highest BCUT2D eigenvalue weighted by molar-refractivity contribution is 5.68. The van der Waals surface area contributed by atoms with Crippen LogP contribution in [0.15, 0.2) is 0 Å². The van der Waals surface area contributed by atoms with Crippen LogP contribution < -0.4 is 5.73 Å². The molecular weight excluding hydrogens is 252 g/mol. The number of carbonyl (C=O) groups is 1. The van der Waals surface area contributed by atoms with Crippen molar-refractivity contribution in [2.24, 2.45) is 29.4 Å². The van der Waals surface area contributed by atoms with Crippen LogP contribution in [0.5, 0.6) is 0 Å². The quantitative estimate of drug-likeness (QED) is 0.803. The van der Waals surface area contributed by atoms with Gasteiger partial charge in [-0.2, -0.15) is 0 Å². The van der Waals surface area contributed by atoms with E-state index < -0.39 is 0 Å². The van der Waals surface area contributed by atoms with Crippen LogP contribution in [0, 0.1) is 23.7 Å². The van der Waals surface area contributed by atoms with E-state index in [1.807, 2.05) is 0 Å². The molecule has 0 aromatic heterocycles. The zero-order valence-corrected chi connectivity index (χ0v) is 12.8. The van der Waals surface area contributed by atoms with E-state index in [9.17, 15) is 4.79 Å². The van der Waals surface area contributed by atoms with Gasteiger partial charge in [0.05, 0.1) is 0 Å². The van der Waals surface area contributed by atoms with Gasteiger partial charge in [-0.1, -0.05) is 13.8 Å². The summed E-state index contributed by atoms with van der Waals surface area (Å²) in [6, 6.07) is 0.130. The van der Waals surface area contributed by atoms with Gasteiger partial charge in [0.25, 0.3) is 0 Å². The average molecular weight is 280 g/mol. The number of hydrogen-bond donors (Lipinski definition) is 1. The van der Waals surface area contributed by atoms with Gasteiger partial charge in [-0.3, -0.25) is 0 Å². The van der Waals surface area contributed by atoms with E-state index in [4.69, 9.17) is 10.5 Å². The minimum atomic E-state index is -0.133. The van der Waals surface area contributed by atoms with E-state index >= 15 is 0 Å². The van der Waals surface area contributed by atoms with Gasteiger partial charge in [0.2, 0.25) is 0 Å². The third-order valence-electron chi connectivity index (χ3n) is 5.53. The van der Waals surface area contributed by atoms with Crippen molar-refractivity contribution in [3.05, 3.63) is 0 Å². The molecule has 0 spiro atoms. The molecule has 4 heteroatoms. The molecule has 2 saturated carbocycles. The van der Waals surface area contributed by atoms with Crippen LogP contribution in [0.25, 0.3) is 0 Å². The number of carbonyl (C=O) groups excluding carboxylic acids is 1. The molecule has 3 aliphatic rings. The second kappa shape index (κ2) is 5.55. The molecule has 2 N–H and O–H groups in total. The van der Waals surface area contributed by atoms with E-state index in [2.05, 4.69) is 13.8 Å². The van der Waals surface area contributed by atoms with Crippen molar-refractivity contribution < 1.29 is 9.53 Å². The summed E-state index contributed by atoms with van der Waals surface area (Å²) in [7, 11) is 0. The highest BCUT2D eigenvalue weighted by atomic mass is 16.6. The first-order chi connectivity index (χ1) is 9.52. The predicted molar refractivity (Wildman–Crippen MR) is 78.2 cm³/mol. The molecule has 0 aromatic carbocycles. The Balaban J connectivity index is 1.62. The molecule has 4 nitrogen and oxygen atoms in total. The van der Waals surface area contributed by atoms with Crippen molar-refractivity contribution in [1.82, 2.24) is 4.90 Å². The van der Waals surface area contributed by atoms with Gasteiger partial charge in [0.1, 0.15) is 6.10 Å². The molecule has 3 fully saturated rings. The zero-order valence-electron chi connectivity index (χ0n) is 12.8. The van der Waals surface area contributed by atoms with Crippen molar-refractivity contribution in [3.63, 3.8) is 0 Å². The van der Waals surface area contributed by atoms with E-state index in [1.165, 1.54) is 25.7 Å². The summed E-state index contributed by atoms with van der Waals surface area (Å²) >= 11 is 0. The fourth-order valence-electron chi connectivity index (χ4n) is 4.74. The summed E-state index contributed by atoms with van der Waals surface area (Å²) < 4.78 is 5.90. The highest BCUT2D eigenvalue weighted by Gasteiger charge is 2.42. The lowest BCUT2D eigenvalue weighted by Crippen LogP contribution is -2.45. The van der Waals surface area contributed by atoms with Crippen molar-refractivity contribution in [1.29, 1.82) is 0 Å². The van der Waals surface area contributed by atoms with Crippen LogP contribution in [0.3, 0.4) is 0 Å². The van der Waals surface area contributed by atoms with E-state index in [1.54, 1.807) is 4.90 Å². The van der Waals surface area contributed by atoms with Crippen LogP contribution >= 0.6 is 0 Å². The fourth-order valence-corrected chi connectivity index (χ4v) is 4.74. The molecule has 0 radical (unpaired) electrons. The lowest BCUT2D eigenvalue weighted by molar-refractivity contribution is -0.0507. The van der Waals surface area contributed by atoms with E-state index in [0.717, 1.165) is 24.8 Å². The third kappa shape index (κ3) is 2.80. The summed E-state index contributed by atoms with van der Waals surface area (Å²) in [4.78, 5) is 14.1. The molecule has 1 amide bonds. The van der Waals surface area contributed by atoms with Gasteiger partial charge in [-0.25, -0.2) is 4.79 Å². The summed E-state index contributed by atoms with van der Waals surface area (Å²) in [5.74, 6) is 2.72. The normalized spacial score (nSPS) is 44.5. The average Bonchev–Trinajstić information content (AvgIpc) is 2.80. The van der Waals surface area contributed by atoms with Gasteiger partial charge in [-0.15, -0.1) is 0 Å². The molecule has 1 heterocycles. The van der Waals surface area contributed by atoms with Gasteiger partial charge in [-0.05, 0) is 55.8 Å². The maximum atomic E-state index is 12.3. The number of hydrogen-bond acceptors (Lipinski definition) is 3. The summed E-state index contributed by atoms with van der Waals surface area (Å²) in [6.07, 6.45) is 5.95. The van der Waals surface area contributed by atoms with Gasteiger partial charge >= 0.3 is 6.09 Å². The van der Waals surface area contributed by atoms with Crippen molar-refractivity contribution in [2.75, 3.05) is 13.1 Å². The van der Waals surface area contributed by atoms with Gasteiger partial charge in [0.15, 0.2) is 0 Å². The second-order valence-electron chi connectivity index (χ2n) is 7.49. The third-order valence-corrected chi connectivity index (χ3v) is 5.53.